The summed E-state index contributed by atoms with van der Waals surface area (Å²) in [5, 5.41) is 14.9. The Hall–Kier alpha value is -6.01. The number of nitriles is 1. The van der Waals surface area contributed by atoms with E-state index in [1.165, 1.54) is 43.0 Å². The number of anilines is 2. The Labute approximate surface area is 420 Å². The van der Waals surface area contributed by atoms with E-state index in [-0.39, 0.29) is 53.9 Å². The summed E-state index contributed by atoms with van der Waals surface area (Å²) in [4.78, 5) is 63.1. The molecule has 2 fully saturated rings. The lowest BCUT2D eigenvalue weighted by Gasteiger charge is -2.35. The molecule has 2 N–H and O–H groups in total. The predicted octanol–water partition coefficient (Wildman–Crippen LogP) is 8.88. The van der Waals surface area contributed by atoms with Crippen molar-refractivity contribution in [1.82, 2.24) is 20.5 Å². The van der Waals surface area contributed by atoms with Gasteiger partial charge in [0.15, 0.2) is 16.7 Å². The number of halogens is 4. The third-order valence-electron chi connectivity index (χ3n) is 12.2. The Balaban J connectivity index is 0.854. The molecule has 2 saturated heterocycles. The number of alkyl halides is 3. The van der Waals surface area contributed by atoms with E-state index >= 15 is 4.39 Å². The maximum atomic E-state index is 15.3. The quantitative estimate of drug-likeness (QED) is 0.0465. The summed E-state index contributed by atoms with van der Waals surface area (Å²) in [6.45, 7) is 12.4. The molecule has 20 heteroatoms. The van der Waals surface area contributed by atoms with Gasteiger partial charge in [-0.15, -0.1) is 11.3 Å². The van der Waals surface area contributed by atoms with Crippen molar-refractivity contribution < 1.29 is 51.0 Å². The van der Waals surface area contributed by atoms with Crippen molar-refractivity contribution in [3.8, 4) is 22.3 Å². The van der Waals surface area contributed by atoms with Crippen LogP contribution in [0.3, 0.4) is 0 Å². The molecule has 0 bridgehead atoms. The number of hydrogen-bond donors (Lipinski definition) is 2. The predicted molar refractivity (Wildman–Crippen MR) is 265 cm³/mol. The fraction of sp³-hybridized carbons (Fsp3) is 0.471. The second-order valence-electron chi connectivity index (χ2n) is 18.9. The Bertz CT molecular complexity index is 2610. The van der Waals surface area contributed by atoms with E-state index in [0.717, 1.165) is 45.2 Å². The Morgan fingerprint density at radius 2 is 1.65 bits per heavy atom. The van der Waals surface area contributed by atoms with Crippen LogP contribution < -0.4 is 25.2 Å². The molecule has 3 aromatic carbocycles. The normalized spacial score (nSPS) is 16.3. The number of unbranched alkanes of at least 4 members (excludes halogenated alkanes) is 2. The van der Waals surface area contributed by atoms with Crippen molar-refractivity contribution in [2.75, 3.05) is 49.4 Å². The number of aryl methyl sites for hydroxylation is 1. The fourth-order valence-electron chi connectivity index (χ4n) is 8.38. The van der Waals surface area contributed by atoms with Crippen molar-refractivity contribution in [1.29, 1.82) is 5.26 Å². The highest BCUT2D eigenvalue weighted by molar-refractivity contribution is 7.81. The number of ether oxygens (including phenoxy) is 3. The summed E-state index contributed by atoms with van der Waals surface area (Å²) >= 11 is 7.13. The molecule has 0 aliphatic carbocycles. The molecular formula is C51H59F4N7O7S2. The summed E-state index contributed by atoms with van der Waals surface area (Å²) in [5.41, 5.74) is 0.984. The van der Waals surface area contributed by atoms with Crippen LogP contribution in [0.5, 0.6) is 5.75 Å². The van der Waals surface area contributed by atoms with Gasteiger partial charge in [-0.05, 0) is 118 Å². The number of carbonyl (C=O) groups excluding carboxylic acids is 4. The number of thiazole rings is 1. The van der Waals surface area contributed by atoms with E-state index in [1.54, 1.807) is 16.2 Å². The summed E-state index contributed by atoms with van der Waals surface area (Å²) in [6, 6.07) is 14.9. The fourth-order valence-corrected chi connectivity index (χ4v) is 9.71. The first-order valence-electron chi connectivity index (χ1n) is 23.4. The lowest BCUT2D eigenvalue weighted by Crippen LogP contribution is -2.58. The molecule has 380 valence electrons. The van der Waals surface area contributed by atoms with Crippen LogP contribution in [-0.2, 0) is 41.4 Å². The summed E-state index contributed by atoms with van der Waals surface area (Å²) < 4.78 is 73.4. The van der Waals surface area contributed by atoms with Gasteiger partial charge in [-0.3, -0.25) is 24.1 Å². The van der Waals surface area contributed by atoms with E-state index in [2.05, 4.69) is 15.6 Å². The van der Waals surface area contributed by atoms with E-state index in [0.29, 0.717) is 64.5 Å². The molecule has 0 spiro atoms. The summed E-state index contributed by atoms with van der Waals surface area (Å²) in [5.74, 6) is -2.36. The first-order chi connectivity index (χ1) is 33.6. The maximum Gasteiger partial charge on any atom is 0.417 e. The number of thiocarbonyl (C=S) groups is 1. The van der Waals surface area contributed by atoms with Crippen LogP contribution >= 0.6 is 23.6 Å². The topological polar surface area (TPSA) is 166 Å². The Morgan fingerprint density at radius 3 is 2.31 bits per heavy atom. The number of likely N-dealkylation sites (tertiary alicyclic amines) is 1. The SMILES string of the molecule is Cc1ncsc1-c1ccc(CNC(=O)[C@@H]2CCCN2C(=O)[C@@H](NC(=O)COCCCOCCCCCOc2ccc(N3C(=S)N(c4ccc(C#N)c(C(F)(F)F)c4)C(=O)C3(C)C)cc2F)C(C)(C)C)cc1. The molecule has 0 radical (unpaired) electrons. The third kappa shape index (κ3) is 13.3. The molecule has 4 amide bonds. The average Bonchev–Trinajstić information content (AvgIpc) is 4.03. The largest absolute Gasteiger partial charge is 0.491 e. The molecule has 0 unspecified atom stereocenters. The summed E-state index contributed by atoms with van der Waals surface area (Å²) in [6.07, 6.45) is -1.06. The number of amides is 4. The number of hydrogen-bond acceptors (Lipinski definition) is 11. The number of nitrogens with zero attached hydrogens (tertiary/aromatic N) is 5. The first-order valence-corrected chi connectivity index (χ1v) is 24.7. The minimum atomic E-state index is -4.85. The average molecular weight is 1020 g/mol. The van der Waals surface area contributed by atoms with Gasteiger partial charge >= 0.3 is 6.18 Å². The van der Waals surface area contributed by atoms with Crippen LogP contribution in [0.15, 0.2) is 66.2 Å². The van der Waals surface area contributed by atoms with E-state index in [9.17, 15) is 37.6 Å². The van der Waals surface area contributed by atoms with Crippen LogP contribution in [0.4, 0.5) is 28.9 Å². The minimum absolute atomic E-state index is 0.0237. The van der Waals surface area contributed by atoms with Crippen LogP contribution in [-0.4, -0.2) is 95.8 Å². The molecule has 1 aromatic heterocycles. The highest BCUT2D eigenvalue weighted by Crippen LogP contribution is 2.40. The van der Waals surface area contributed by atoms with Crippen molar-refractivity contribution in [3.63, 3.8) is 0 Å². The van der Waals surface area contributed by atoms with Crippen LogP contribution in [0.2, 0.25) is 0 Å². The lowest BCUT2D eigenvalue weighted by molar-refractivity contribution is -0.144. The molecule has 2 aliphatic rings. The van der Waals surface area contributed by atoms with E-state index in [1.807, 2.05) is 57.5 Å². The van der Waals surface area contributed by atoms with Gasteiger partial charge in [-0.1, -0.05) is 45.0 Å². The second-order valence-corrected chi connectivity index (χ2v) is 20.2. The van der Waals surface area contributed by atoms with Crippen LogP contribution in [0.25, 0.3) is 10.4 Å². The lowest BCUT2D eigenvalue weighted by atomic mass is 9.85. The Kier molecular flexibility index (Phi) is 18.0. The number of aromatic nitrogens is 1. The van der Waals surface area contributed by atoms with Gasteiger partial charge in [0.05, 0.1) is 45.6 Å². The van der Waals surface area contributed by atoms with E-state index in [4.69, 9.17) is 26.4 Å². The number of carbonyl (C=O) groups is 4. The number of nitrogens with one attached hydrogen (secondary N) is 2. The second kappa shape index (κ2) is 23.5. The molecular weight excluding hydrogens is 963 g/mol. The van der Waals surface area contributed by atoms with Crippen LogP contribution in [0, 0.1) is 29.5 Å². The monoisotopic (exact) mass is 1020 g/mol. The zero-order chi connectivity index (χ0) is 51.7. The van der Waals surface area contributed by atoms with E-state index < -0.39 is 58.0 Å². The van der Waals surface area contributed by atoms with Crippen molar-refractivity contribution >= 4 is 63.7 Å². The van der Waals surface area contributed by atoms with Crippen molar-refractivity contribution in [2.45, 2.75) is 110 Å². The minimum Gasteiger partial charge on any atom is -0.491 e. The number of benzene rings is 3. The molecule has 2 atom stereocenters. The molecule has 3 heterocycles. The highest BCUT2D eigenvalue weighted by Gasteiger charge is 2.51. The number of rotatable bonds is 21. The van der Waals surface area contributed by atoms with Gasteiger partial charge in [0.25, 0.3) is 5.91 Å². The molecule has 14 nitrogen and oxygen atoms in total. The third-order valence-corrected chi connectivity index (χ3v) is 13.6. The molecule has 2 aliphatic heterocycles. The Morgan fingerprint density at radius 1 is 0.958 bits per heavy atom. The smallest absolute Gasteiger partial charge is 0.417 e. The van der Waals surface area contributed by atoms with Gasteiger partial charge in [0.1, 0.15) is 24.2 Å². The molecule has 6 rings (SSSR count). The van der Waals surface area contributed by atoms with Crippen molar-refractivity contribution in [3.05, 3.63) is 94.4 Å². The molecule has 71 heavy (non-hydrogen) atoms. The standard InChI is InChI=1S/C51H59F4N7O7S2/c1-32-43(71-31-58-32)34-15-13-33(14-16-34)29-57-45(64)40-12-10-21-60(40)46(65)44(49(2,3)4)59-42(63)30-68-24-11-23-67-22-8-7-9-25-69-41-20-19-37(27-39(41)52)62-48(70)61(47(66)50(62,5)6)36-18-17-35(28-56)38(26-36)51(53,54)55/h13-20,26-27,31,40,44H,7-12,21-25,29-30H2,1-6H3,(H,57,64)(H,59,63)/t40-,44+/m0/s1. The van der Waals surface area contributed by atoms with Crippen molar-refractivity contribution in [2.24, 2.45) is 5.41 Å². The zero-order valence-corrected chi connectivity index (χ0v) is 42.3. The van der Waals surface area contributed by atoms with Gasteiger partial charge < -0.3 is 34.6 Å². The molecule has 4 aromatic rings. The van der Waals surface area contributed by atoms with Gasteiger partial charge in [0, 0.05) is 44.7 Å². The van der Waals surface area contributed by atoms with Gasteiger partial charge in [-0.25, -0.2) is 9.37 Å². The van der Waals surface area contributed by atoms with Crippen LogP contribution in [0.1, 0.15) is 95.5 Å². The van der Waals surface area contributed by atoms with Gasteiger partial charge in [0.2, 0.25) is 17.7 Å². The molecule has 0 saturated carbocycles. The maximum absolute atomic E-state index is 15.3. The van der Waals surface area contributed by atoms with Gasteiger partial charge in [-0.2, -0.15) is 18.4 Å². The zero-order valence-electron chi connectivity index (χ0n) is 40.6. The summed E-state index contributed by atoms with van der Waals surface area (Å²) in [7, 11) is 0. The first kappa shape index (κ1) is 54.3. The highest BCUT2D eigenvalue weighted by atomic mass is 32.1.